The molecule has 0 saturated carbocycles. The number of halogens is 1. The zero-order valence-electron chi connectivity index (χ0n) is 10.2. The van der Waals surface area contributed by atoms with Gasteiger partial charge in [-0.1, -0.05) is 29.8 Å². The standard InChI is InChI=1S/C15H16IN/c1-12-3-9-15(10-4-12)17(2)11-13-5-7-14(16)8-6-13/h3-10H,11H2,1-2H3. The Labute approximate surface area is 117 Å². The molecule has 2 heteroatoms. The summed E-state index contributed by atoms with van der Waals surface area (Å²) in [4.78, 5) is 2.27. The topological polar surface area (TPSA) is 3.24 Å². The molecule has 0 amide bonds. The van der Waals surface area contributed by atoms with Crippen LogP contribution in [0.5, 0.6) is 0 Å². The van der Waals surface area contributed by atoms with Crippen LogP contribution >= 0.6 is 22.6 Å². The molecule has 0 unspecified atom stereocenters. The van der Waals surface area contributed by atoms with Gasteiger partial charge in [-0.25, -0.2) is 0 Å². The molecular formula is C15H16IN. The average molecular weight is 337 g/mol. The summed E-state index contributed by atoms with van der Waals surface area (Å²) in [7, 11) is 2.13. The first-order valence-electron chi connectivity index (χ1n) is 5.67. The van der Waals surface area contributed by atoms with E-state index in [1.807, 2.05) is 0 Å². The fourth-order valence-electron chi connectivity index (χ4n) is 1.75. The Hall–Kier alpha value is -1.03. The maximum Gasteiger partial charge on any atom is 0.0426 e. The van der Waals surface area contributed by atoms with E-state index >= 15 is 0 Å². The SMILES string of the molecule is Cc1ccc(N(C)Cc2ccc(I)cc2)cc1. The molecule has 0 aliphatic carbocycles. The molecule has 1 nitrogen and oxygen atoms in total. The highest BCUT2D eigenvalue weighted by atomic mass is 127. The van der Waals surface area contributed by atoms with E-state index in [9.17, 15) is 0 Å². The predicted octanol–water partition coefficient (Wildman–Crippen LogP) is 4.24. The summed E-state index contributed by atoms with van der Waals surface area (Å²) in [5.41, 5.74) is 3.90. The van der Waals surface area contributed by atoms with Gasteiger partial charge in [0, 0.05) is 22.8 Å². The first-order valence-corrected chi connectivity index (χ1v) is 6.75. The summed E-state index contributed by atoms with van der Waals surface area (Å²) in [5.74, 6) is 0. The number of rotatable bonds is 3. The molecule has 0 aromatic heterocycles. The molecule has 0 aliphatic heterocycles. The van der Waals surface area contributed by atoms with Gasteiger partial charge in [0.1, 0.15) is 0 Å². The molecular weight excluding hydrogens is 321 g/mol. The molecule has 0 atom stereocenters. The van der Waals surface area contributed by atoms with Crippen molar-refractivity contribution in [2.24, 2.45) is 0 Å². The van der Waals surface area contributed by atoms with Gasteiger partial charge in [-0.2, -0.15) is 0 Å². The third-order valence-electron chi connectivity index (χ3n) is 2.81. The molecule has 2 aromatic rings. The molecule has 88 valence electrons. The lowest BCUT2D eigenvalue weighted by Gasteiger charge is -2.19. The maximum absolute atomic E-state index is 2.33. The minimum absolute atomic E-state index is 0.944. The Kier molecular flexibility index (Phi) is 4.05. The van der Waals surface area contributed by atoms with E-state index < -0.39 is 0 Å². The normalized spacial score (nSPS) is 10.3. The van der Waals surface area contributed by atoms with Crippen molar-refractivity contribution in [3.05, 3.63) is 63.2 Å². The minimum Gasteiger partial charge on any atom is -0.370 e. The van der Waals surface area contributed by atoms with Crippen LogP contribution in [0.2, 0.25) is 0 Å². The van der Waals surface area contributed by atoms with Crippen LogP contribution in [0.15, 0.2) is 48.5 Å². The first kappa shape index (κ1) is 12.4. The van der Waals surface area contributed by atoms with Crippen LogP contribution in [0, 0.1) is 10.5 Å². The summed E-state index contributed by atoms with van der Waals surface area (Å²) in [6.45, 7) is 3.06. The van der Waals surface area contributed by atoms with Crippen molar-refractivity contribution >= 4 is 28.3 Å². The summed E-state index contributed by atoms with van der Waals surface area (Å²) >= 11 is 2.33. The largest absolute Gasteiger partial charge is 0.370 e. The second-order valence-corrected chi connectivity index (χ2v) is 5.56. The Bertz CT molecular complexity index is 473. The number of anilines is 1. The van der Waals surface area contributed by atoms with Gasteiger partial charge >= 0.3 is 0 Å². The Balaban J connectivity index is 2.08. The zero-order valence-corrected chi connectivity index (χ0v) is 12.3. The van der Waals surface area contributed by atoms with Crippen LogP contribution in [-0.2, 0) is 6.54 Å². The molecule has 0 aliphatic rings. The quantitative estimate of drug-likeness (QED) is 0.758. The molecule has 0 saturated heterocycles. The van der Waals surface area contributed by atoms with E-state index in [1.165, 1.54) is 20.4 Å². The molecule has 2 rings (SSSR count). The predicted molar refractivity (Wildman–Crippen MR) is 82.4 cm³/mol. The summed E-state index contributed by atoms with van der Waals surface area (Å²) in [5, 5.41) is 0. The fraction of sp³-hybridized carbons (Fsp3) is 0.200. The van der Waals surface area contributed by atoms with Gasteiger partial charge in [0.15, 0.2) is 0 Å². The number of aryl methyl sites for hydroxylation is 1. The Morgan fingerprint density at radius 3 is 2.12 bits per heavy atom. The van der Waals surface area contributed by atoms with E-state index in [4.69, 9.17) is 0 Å². The first-order chi connectivity index (χ1) is 8.15. The van der Waals surface area contributed by atoms with Gasteiger partial charge in [-0.15, -0.1) is 0 Å². The van der Waals surface area contributed by atoms with Gasteiger partial charge in [-0.3, -0.25) is 0 Å². The van der Waals surface area contributed by atoms with Gasteiger partial charge in [0.2, 0.25) is 0 Å². The highest BCUT2D eigenvalue weighted by Gasteiger charge is 2.01. The van der Waals surface area contributed by atoms with Crippen molar-refractivity contribution in [2.75, 3.05) is 11.9 Å². The van der Waals surface area contributed by atoms with E-state index in [0.717, 1.165) is 6.54 Å². The van der Waals surface area contributed by atoms with Crippen LogP contribution in [0.1, 0.15) is 11.1 Å². The fourth-order valence-corrected chi connectivity index (χ4v) is 2.11. The third-order valence-corrected chi connectivity index (χ3v) is 3.53. The molecule has 0 radical (unpaired) electrons. The molecule has 0 bridgehead atoms. The van der Waals surface area contributed by atoms with Gasteiger partial charge in [-0.05, 0) is 59.3 Å². The Morgan fingerprint density at radius 1 is 0.941 bits per heavy atom. The van der Waals surface area contributed by atoms with Crippen molar-refractivity contribution in [1.82, 2.24) is 0 Å². The highest BCUT2D eigenvalue weighted by Crippen LogP contribution is 2.16. The van der Waals surface area contributed by atoms with E-state index in [1.54, 1.807) is 0 Å². The van der Waals surface area contributed by atoms with Crippen molar-refractivity contribution in [3.63, 3.8) is 0 Å². The summed E-state index contributed by atoms with van der Waals surface area (Å²) in [6.07, 6.45) is 0. The van der Waals surface area contributed by atoms with Crippen molar-refractivity contribution in [2.45, 2.75) is 13.5 Å². The van der Waals surface area contributed by atoms with Crippen LogP contribution < -0.4 is 4.90 Å². The summed E-state index contributed by atoms with van der Waals surface area (Å²) in [6, 6.07) is 17.3. The maximum atomic E-state index is 2.33. The zero-order chi connectivity index (χ0) is 12.3. The lowest BCUT2D eigenvalue weighted by molar-refractivity contribution is 0.922. The van der Waals surface area contributed by atoms with Crippen molar-refractivity contribution in [1.29, 1.82) is 0 Å². The van der Waals surface area contributed by atoms with Crippen molar-refractivity contribution < 1.29 is 0 Å². The Morgan fingerprint density at radius 2 is 1.53 bits per heavy atom. The number of hydrogen-bond donors (Lipinski definition) is 0. The molecule has 17 heavy (non-hydrogen) atoms. The summed E-state index contributed by atoms with van der Waals surface area (Å²) < 4.78 is 1.28. The van der Waals surface area contributed by atoms with Gasteiger partial charge in [0.05, 0.1) is 0 Å². The smallest absolute Gasteiger partial charge is 0.0426 e. The van der Waals surface area contributed by atoms with Crippen LogP contribution in [-0.4, -0.2) is 7.05 Å². The van der Waals surface area contributed by atoms with Gasteiger partial charge in [0.25, 0.3) is 0 Å². The number of benzene rings is 2. The second kappa shape index (κ2) is 5.54. The molecule has 0 heterocycles. The number of hydrogen-bond acceptors (Lipinski definition) is 1. The van der Waals surface area contributed by atoms with E-state index in [2.05, 4.69) is 90.0 Å². The van der Waals surface area contributed by atoms with E-state index in [0.29, 0.717) is 0 Å². The van der Waals surface area contributed by atoms with Crippen molar-refractivity contribution in [3.8, 4) is 0 Å². The molecule has 0 fully saturated rings. The second-order valence-electron chi connectivity index (χ2n) is 4.32. The molecule has 2 aromatic carbocycles. The lowest BCUT2D eigenvalue weighted by Crippen LogP contribution is -2.16. The molecule has 0 N–H and O–H groups in total. The number of nitrogens with zero attached hydrogens (tertiary/aromatic N) is 1. The van der Waals surface area contributed by atoms with E-state index in [-0.39, 0.29) is 0 Å². The van der Waals surface area contributed by atoms with Crippen LogP contribution in [0.4, 0.5) is 5.69 Å². The monoisotopic (exact) mass is 337 g/mol. The van der Waals surface area contributed by atoms with Crippen LogP contribution in [0.25, 0.3) is 0 Å². The molecule has 0 spiro atoms. The highest BCUT2D eigenvalue weighted by molar-refractivity contribution is 14.1. The lowest BCUT2D eigenvalue weighted by atomic mass is 10.2. The minimum atomic E-state index is 0.944. The van der Waals surface area contributed by atoms with Crippen LogP contribution in [0.3, 0.4) is 0 Å². The average Bonchev–Trinajstić information content (AvgIpc) is 2.33. The third kappa shape index (κ3) is 3.46. The van der Waals surface area contributed by atoms with Gasteiger partial charge < -0.3 is 4.90 Å².